The first-order valence-corrected chi connectivity index (χ1v) is 9.50. The Morgan fingerprint density at radius 2 is 1.96 bits per heavy atom. The smallest absolute Gasteiger partial charge is 0.191 e. The Bertz CT molecular complexity index is 696. The second-order valence-electron chi connectivity index (χ2n) is 6.36. The molecule has 1 aromatic heterocycles. The van der Waals surface area contributed by atoms with Crippen molar-refractivity contribution in [3.05, 3.63) is 51.7 Å². The molecular weight excluding hydrogens is 330 g/mol. The van der Waals surface area contributed by atoms with Gasteiger partial charge in [0.25, 0.3) is 0 Å². The number of methoxy groups -OCH3 is 1. The van der Waals surface area contributed by atoms with Crippen LogP contribution >= 0.6 is 11.3 Å². The normalized spacial score (nSPS) is 14.0. The number of aliphatic imine (C=N–C) groups is 1. The van der Waals surface area contributed by atoms with Crippen LogP contribution in [0.25, 0.3) is 0 Å². The van der Waals surface area contributed by atoms with Gasteiger partial charge in [-0.15, -0.1) is 11.3 Å². The van der Waals surface area contributed by atoms with E-state index in [9.17, 15) is 0 Å². The lowest BCUT2D eigenvalue weighted by molar-refractivity contribution is 0.406. The van der Waals surface area contributed by atoms with Gasteiger partial charge in [0.1, 0.15) is 5.75 Å². The van der Waals surface area contributed by atoms with E-state index in [0.29, 0.717) is 12.0 Å². The van der Waals surface area contributed by atoms with Crippen molar-refractivity contribution in [2.24, 2.45) is 4.99 Å². The van der Waals surface area contributed by atoms with Crippen LogP contribution in [-0.4, -0.2) is 32.7 Å². The number of ether oxygens (including phenoxy) is 1. The van der Waals surface area contributed by atoms with Crippen molar-refractivity contribution in [2.45, 2.75) is 39.2 Å². The zero-order chi connectivity index (χ0) is 18.2. The van der Waals surface area contributed by atoms with Crippen molar-refractivity contribution in [3.8, 4) is 5.75 Å². The summed E-state index contributed by atoms with van der Waals surface area (Å²) in [6.07, 6.45) is 1.00. The molecule has 25 heavy (non-hydrogen) atoms. The lowest BCUT2D eigenvalue weighted by Crippen LogP contribution is -2.44. The Morgan fingerprint density at radius 1 is 1.20 bits per heavy atom. The van der Waals surface area contributed by atoms with Gasteiger partial charge in [0.2, 0.25) is 0 Å². The summed E-state index contributed by atoms with van der Waals surface area (Å²) in [6.45, 7) is 7.32. The maximum atomic E-state index is 5.46. The van der Waals surface area contributed by atoms with E-state index < -0.39 is 0 Å². The summed E-state index contributed by atoms with van der Waals surface area (Å²) >= 11 is 1.86. The molecule has 4 nitrogen and oxygen atoms in total. The van der Waals surface area contributed by atoms with Crippen LogP contribution in [-0.2, 0) is 6.42 Å². The summed E-state index contributed by atoms with van der Waals surface area (Å²) in [5.41, 5.74) is 1.20. The third-order valence-corrected chi connectivity index (χ3v) is 5.18. The molecule has 1 heterocycles. The molecule has 0 bridgehead atoms. The van der Waals surface area contributed by atoms with E-state index in [4.69, 9.17) is 4.74 Å². The highest BCUT2D eigenvalue weighted by Crippen LogP contribution is 2.25. The molecule has 2 unspecified atom stereocenters. The first-order valence-electron chi connectivity index (χ1n) is 8.69. The van der Waals surface area contributed by atoms with Gasteiger partial charge in [0, 0.05) is 41.7 Å². The molecule has 0 saturated heterocycles. The highest BCUT2D eigenvalue weighted by molar-refractivity contribution is 7.11. The van der Waals surface area contributed by atoms with Crippen LogP contribution in [0.5, 0.6) is 5.75 Å². The molecule has 0 radical (unpaired) electrons. The Morgan fingerprint density at radius 3 is 2.60 bits per heavy atom. The highest BCUT2D eigenvalue weighted by atomic mass is 32.1. The van der Waals surface area contributed by atoms with Crippen LogP contribution < -0.4 is 15.4 Å². The molecule has 0 aliphatic heterocycles. The van der Waals surface area contributed by atoms with Gasteiger partial charge in [-0.2, -0.15) is 0 Å². The highest BCUT2D eigenvalue weighted by Gasteiger charge is 2.13. The van der Waals surface area contributed by atoms with Crippen molar-refractivity contribution in [2.75, 3.05) is 20.7 Å². The minimum atomic E-state index is 0.324. The van der Waals surface area contributed by atoms with Gasteiger partial charge in [-0.1, -0.05) is 25.1 Å². The van der Waals surface area contributed by atoms with Gasteiger partial charge < -0.3 is 15.4 Å². The lowest BCUT2D eigenvalue weighted by Gasteiger charge is -2.20. The van der Waals surface area contributed by atoms with Crippen molar-refractivity contribution in [1.29, 1.82) is 0 Å². The number of benzene rings is 1. The van der Waals surface area contributed by atoms with Crippen molar-refractivity contribution >= 4 is 17.3 Å². The number of para-hydroxylation sites is 1. The number of rotatable bonds is 7. The Hall–Kier alpha value is -2.01. The lowest BCUT2D eigenvalue weighted by atomic mass is 10.0. The summed E-state index contributed by atoms with van der Waals surface area (Å²) in [4.78, 5) is 7.10. The van der Waals surface area contributed by atoms with Crippen LogP contribution in [0.1, 0.15) is 35.1 Å². The van der Waals surface area contributed by atoms with E-state index in [1.807, 2.05) is 36.6 Å². The van der Waals surface area contributed by atoms with Crippen LogP contribution in [0.4, 0.5) is 0 Å². The van der Waals surface area contributed by atoms with Crippen molar-refractivity contribution < 1.29 is 4.74 Å². The molecule has 2 aromatic rings. The molecule has 5 heteroatoms. The van der Waals surface area contributed by atoms with Gasteiger partial charge in [-0.25, -0.2) is 0 Å². The number of hydrogen-bond donors (Lipinski definition) is 2. The zero-order valence-electron chi connectivity index (χ0n) is 15.8. The van der Waals surface area contributed by atoms with Gasteiger partial charge in [-0.3, -0.25) is 4.99 Å². The number of nitrogens with one attached hydrogen (secondary N) is 2. The Labute approximate surface area is 155 Å². The molecule has 2 atom stereocenters. The first-order chi connectivity index (χ1) is 12.0. The molecule has 0 aliphatic rings. The van der Waals surface area contributed by atoms with E-state index >= 15 is 0 Å². The third-order valence-electron chi connectivity index (χ3n) is 4.16. The SMILES string of the molecule is CN=C(NCC(C)c1ccccc1OC)NC(C)Cc1ccc(C)s1. The van der Waals surface area contributed by atoms with E-state index in [2.05, 4.69) is 54.6 Å². The minimum Gasteiger partial charge on any atom is -0.496 e. The standard InChI is InChI=1S/C20H29N3OS/c1-14(18-8-6-7-9-19(18)24-5)13-22-20(21-4)23-15(2)12-17-11-10-16(3)25-17/h6-11,14-15H,12-13H2,1-5H3,(H2,21,22,23). The number of thiophene rings is 1. The summed E-state index contributed by atoms with van der Waals surface area (Å²) in [5, 5.41) is 6.90. The van der Waals surface area contributed by atoms with E-state index in [-0.39, 0.29) is 0 Å². The third kappa shape index (κ3) is 5.78. The number of hydrogen-bond acceptors (Lipinski definition) is 3. The molecule has 0 amide bonds. The second kappa shape index (κ2) is 9.47. The topological polar surface area (TPSA) is 45.7 Å². The molecule has 136 valence electrons. The van der Waals surface area contributed by atoms with E-state index in [0.717, 1.165) is 24.7 Å². The maximum Gasteiger partial charge on any atom is 0.191 e. The average molecular weight is 360 g/mol. The van der Waals surface area contributed by atoms with Crippen LogP contribution in [0.3, 0.4) is 0 Å². The Balaban J connectivity index is 1.87. The first kappa shape index (κ1) is 19.3. The molecule has 0 fully saturated rings. The largest absolute Gasteiger partial charge is 0.496 e. The fourth-order valence-electron chi connectivity index (χ4n) is 2.81. The maximum absolute atomic E-state index is 5.46. The molecule has 0 aliphatic carbocycles. The predicted molar refractivity (Wildman–Crippen MR) is 108 cm³/mol. The zero-order valence-corrected chi connectivity index (χ0v) is 16.6. The molecule has 2 N–H and O–H groups in total. The fraction of sp³-hybridized carbons (Fsp3) is 0.450. The molecule has 1 aromatic carbocycles. The van der Waals surface area contributed by atoms with Crippen molar-refractivity contribution in [1.82, 2.24) is 10.6 Å². The molecule has 0 spiro atoms. The van der Waals surface area contributed by atoms with Gasteiger partial charge >= 0.3 is 0 Å². The monoisotopic (exact) mass is 359 g/mol. The predicted octanol–water partition coefficient (Wildman–Crippen LogP) is 3.96. The van der Waals surface area contributed by atoms with Gasteiger partial charge in [-0.05, 0) is 37.6 Å². The number of guanidine groups is 1. The van der Waals surface area contributed by atoms with E-state index in [1.165, 1.54) is 15.3 Å². The number of nitrogens with zero attached hydrogens (tertiary/aromatic N) is 1. The minimum absolute atomic E-state index is 0.324. The average Bonchev–Trinajstić information content (AvgIpc) is 3.02. The van der Waals surface area contributed by atoms with Gasteiger partial charge in [0.05, 0.1) is 7.11 Å². The van der Waals surface area contributed by atoms with Crippen LogP contribution in [0.2, 0.25) is 0 Å². The summed E-state index contributed by atoms with van der Waals surface area (Å²) in [5.74, 6) is 2.09. The van der Waals surface area contributed by atoms with Crippen molar-refractivity contribution in [3.63, 3.8) is 0 Å². The van der Waals surface area contributed by atoms with Crippen LogP contribution in [0.15, 0.2) is 41.4 Å². The molecule has 2 rings (SSSR count). The van der Waals surface area contributed by atoms with E-state index in [1.54, 1.807) is 7.11 Å². The summed E-state index contributed by atoms with van der Waals surface area (Å²) in [6, 6.07) is 12.9. The molecule has 0 saturated carbocycles. The van der Waals surface area contributed by atoms with Crippen LogP contribution in [0, 0.1) is 6.92 Å². The number of aryl methyl sites for hydroxylation is 1. The quantitative estimate of drug-likeness (QED) is 0.581. The Kier molecular flexibility index (Phi) is 7.31. The summed E-state index contributed by atoms with van der Waals surface area (Å²) in [7, 11) is 3.53. The summed E-state index contributed by atoms with van der Waals surface area (Å²) < 4.78 is 5.46. The fourth-order valence-corrected chi connectivity index (χ4v) is 3.83. The molecular formula is C20H29N3OS. The van der Waals surface area contributed by atoms with Gasteiger partial charge in [0.15, 0.2) is 5.96 Å². The second-order valence-corrected chi connectivity index (χ2v) is 7.73.